The maximum absolute atomic E-state index is 4.19. The lowest BCUT2D eigenvalue weighted by Crippen LogP contribution is -2.19. The molecule has 0 spiro atoms. The van der Waals surface area contributed by atoms with Gasteiger partial charge >= 0.3 is 0 Å². The summed E-state index contributed by atoms with van der Waals surface area (Å²) in [5.41, 5.74) is 15.7. The normalized spacial score (nSPS) is 11.3. The molecule has 0 N–H and O–H groups in total. The molecule has 0 unspecified atom stereocenters. The van der Waals surface area contributed by atoms with Crippen molar-refractivity contribution in [1.29, 1.82) is 0 Å². The third-order valence-corrected chi connectivity index (χ3v) is 10.2. The molecule has 0 amide bonds. The van der Waals surface area contributed by atoms with Crippen LogP contribution in [-0.4, -0.2) is 0 Å². The molecule has 0 aliphatic heterocycles. The summed E-state index contributed by atoms with van der Waals surface area (Å²) in [4.78, 5) is 3.67. The molecule has 0 aliphatic carbocycles. The van der Waals surface area contributed by atoms with Gasteiger partial charge in [-0.05, 0) is 126 Å². The van der Waals surface area contributed by atoms with Crippen LogP contribution in [0.5, 0.6) is 0 Å². The number of hydrogen-bond acceptors (Lipinski definition) is 2. The third kappa shape index (κ3) is 12.9. The zero-order valence-corrected chi connectivity index (χ0v) is 37.5. The minimum atomic E-state index is 0.757. The van der Waals surface area contributed by atoms with Crippen LogP contribution in [0.4, 0.5) is 11.4 Å². The Bertz CT molecular complexity index is 2080. The van der Waals surface area contributed by atoms with E-state index in [9.17, 15) is 0 Å². The Morgan fingerprint density at radius 3 is 1.86 bits per heavy atom. The fraction of sp³-hybridized carbons (Fsp3) is 0.236. The van der Waals surface area contributed by atoms with E-state index in [0.717, 1.165) is 24.1 Å². The first-order valence-electron chi connectivity index (χ1n) is 20.7. The summed E-state index contributed by atoms with van der Waals surface area (Å²) in [6, 6.07) is 41.3. The van der Waals surface area contributed by atoms with Gasteiger partial charge in [-0.3, -0.25) is 0 Å². The van der Waals surface area contributed by atoms with Crippen molar-refractivity contribution in [2.75, 3.05) is 4.90 Å². The molecule has 57 heavy (non-hydrogen) atoms. The van der Waals surface area contributed by atoms with E-state index in [0.29, 0.717) is 0 Å². The van der Waals surface area contributed by atoms with E-state index in [1.165, 1.54) is 66.4 Å². The first-order valence-corrected chi connectivity index (χ1v) is 21.6. The van der Waals surface area contributed by atoms with Crippen LogP contribution in [0, 0.1) is 13.8 Å². The summed E-state index contributed by atoms with van der Waals surface area (Å²) in [5.74, 6) is 0. The molecule has 0 heterocycles. The SMILES string of the molecule is C=CSc1ccc(C)c(N(C(/C=C\Cc2c(/C(C=C)=C/C=C\C)cccc2-c2ccccc2)=C(\C)CC)c2ccc(-c3ccccc3)cc2)c1C.CC.CC.CC. The molecule has 5 aromatic carbocycles. The molecular formula is C55H67NS. The maximum atomic E-state index is 4.19. The van der Waals surface area contributed by atoms with Gasteiger partial charge in [0, 0.05) is 16.3 Å². The number of benzene rings is 5. The Hall–Kier alpha value is -5.31. The second-order valence-corrected chi connectivity index (χ2v) is 13.6. The van der Waals surface area contributed by atoms with Crippen molar-refractivity contribution in [3.8, 4) is 22.3 Å². The molecule has 0 radical (unpaired) electrons. The predicted octanol–water partition coefficient (Wildman–Crippen LogP) is 17.7. The highest BCUT2D eigenvalue weighted by molar-refractivity contribution is 8.02. The number of nitrogens with zero attached hydrogens (tertiary/aromatic N) is 1. The second kappa shape index (κ2) is 26.5. The maximum Gasteiger partial charge on any atom is 0.0531 e. The third-order valence-electron chi connectivity index (χ3n) is 9.32. The number of aryl methyl sites for hydroxylation is 1. The van der Waals surface area contributed by atoms with E-state index >= 15 is 0 Å². The minimum Gasteiger partial charge on any atom is -0.310 e. The zero-order chi connectivity index (χ0) is 42.2. The van der Waals surface area contributed by atoms with Crippen LogP contribution in [0.3, 0.4) is 0 Å². The molecule has 0 aliphatic rings. The van der Waals surface area contributed by atoms with Gasteiger partial charge in [0.05, 0.1) is 5.69 Å². The standard InChI is InChI=1S/C49H49NS.3C2H6/c1-8-12-21-39(10-3)44-26-19-27-45(42-24-17-14-18-25-42)46(44)28-20-29-47(36(5)9-2)50(49-37(6)30-35-48(38(49)7)51-11-4)43-33-31-41(32-34-43)40-22-15-13-16-23-40;3*1-2/h8,10-27,29-35H,3-4,9,28H2,1-2,5-7H3;3*1-2H3/b12-8-,29-20-,39-21+,47-36+;;;. The molecule has 2 heteroatoms. The molecule has 0 fully saturated rings. The molecule has 5 aromatic rings. The van der Waals surface area contributed by atoms with Gasteiger partial charge in [-0.25, -0.2) is 0 Å². The first kappa shape index (κ1) is 47.8. The Kier molecular flexibility index (Phi) is 22.3. The van der Waals surface area contributed by atoms with Gasteiger partial charge in [0.15, 0.2) is 0 Å². The van der Waals surface area contributed by atoms with Crippen LogP contribution in [0.2, 0.25) is 0 Å². The van der Waals surface area contributed by atoms with Gasteiger partial charge in [0.25, 0.3) is 0 Å². The number of anilines is 2. The summed E-state index contributed by atoms with van der Waals surface area (Å²) in [7, 11) is 0. The highest BCUT2D eigenvalue weighted by Gasteiger charge is 2.21. The van der Waals surface area contributed by atoms with Gasteiger partial charge in [-0.2, -0.15) is 0 Å². The predicted molar refractivity (Wildman–Crippen MR) is 261 cm³/mol. The fourth-order valence-corrected chi connectivity index (χ4v) is 7.11. The summed E-state index contributed by atoms with van der Waals surface area (Å²) in [5, 5.41) is 1.92. The summed E-state index contributed by atoms with van der Waals surface area (Å²) >= 11 is 1.67. The van der Waals surface area contributed by atoms with Crippen LogP contribution in [0.25, 0.3) is 27.8 Å². The van der Waals surface area contributed by atoms with Crippen molar-refractivity contribution >= 4 is 28.7 Å². The van der Waals surface area contributed by atoms with Crippen molar-refractivity contribution in [2.45, 2.75) is 93.9 Å². The molecule has 0 saturated carbocycles. The van der Waals surface area contributed by atoms with Crippen LogP contribution < -0.4 is 4.90 Å². The van der Waals surface area contributed by atoms with Crippen LogP contribution >= 0.6 is 11.8 Å². The number of rotatable bonds is 14. The average Bonchev–Trinajstić information content (AvgIpc) is 3.28. The topological polar surface area (TPSA) is 3.24 Å². The summed E-state index contributed by atoms with van der Waals surface area (Å²) in [6.45, 7) is 31.2. The fourth-order valence-electron chi connectivity index (χ4n) is 6.51. The average molecular weight is 774 g/mol. The van der Waals surface area contributed by atoms with Crippen molar-refractivity contribution in [2.24, 2.45) is 0 Å². The van der Waals surface area contributed by atoms with Crippen molar-refractivity contribution in [3.05, 3.63) is 204 Å². The molecule has 0 bridgehead atoms. The van der Waals surface area contributed by atoms with Gasteiger partial charge in [-0.1, -0.05) is 201 Å². The van der Waals surface area contributed by atoms with Crippen LogP contribution in [-0.2, 0) is 6.42 Å². The second-order valence-electron chi connectivity index (χ2n) is 12.6. The Morgan fingerprint density at radius 1 is 0.702 bits per heavy atom. The van der Waals surface area contributed by atoms with E-state index in [4.69, 9.17) is 0 Å². The Balaban J connectivity index is 0.00000178. The van der Waals surface area contributed by atoms with Crippen LogP contribution in [0.15, 0.2) is 186 Å². The molecule has 1 nitrogen and oxygen atoms in total. The van der Waals surface area contributed by atoms with E-state index < -0.39 is 0 Å². The Morgan fingerprint density at radius 2 is 1.30 bits per heavy atom. The van der Waals surface area contributed by atoms with Gasteiger partial charge in [0.1, 0.15) is 0 Å². The van der Waals surface area contributed by atoms with Gasteiger partial charge in [0.2, 0.25) is 0 Å². The quantitative estimate of drug-likeness (QED) is 0.0817. The number of thioether (sulfide) groups is 1. The van der Waals surface area contributed by atoms with Crippen molar-refractivity contribution in [1.82, 2.24) is 0 Å². The molecule has 298 valence electrons. The van der Waals surface area contributed by atoms with Crippen molar-refractivity contribution in [3.63, 3.8) is 0 Å². The van der Waals surface area contributed by atoms with E-state index in [1.54, 1.807) is 11.8 Å². The van der Waals surface area contributed by atoms with Gasteiger partial charge < -0.3 is 4.90 Å². The highest BCUT2D eigenvalue weighted by atomic mass is 32.2. The number of hydrogen-bond donors (Lipinski definition) is 0. The van der Waals surface area contributed by atoms with E-state index in [-0.39, 0.29) is 0 Å². The molecule has 5 rings (SSSR count). The van der Waals surface area contributed by atoms with E-state index in [1.807, 2.05) is 60.0 Å². The largest absolute Gasteiger partial charge is 0.310 e. The smallest absolute Gasteiger partial charge is 0.0531 e. The highest BCUT2D eigenvalue weighted by Crippen LogP contribution is 2.41. The lowest BCUT2D eigenvalue weighted by molar-refractivity contribution is 1.02. The summed E-state index contributed by atoms with van der Waals surface area (Å²) in [6.07, 6.45) is 14.6. The molecular weight excluding hydrogens is 707 g/mol. The molecule has 0 aromatic heterocycles. The molecule has 0 atom stereocenters. The number of allylic oxidation sites excluding steroid dienone is 8. The Labute approximate surface area is 352 Å². The van der Waals surface area contributed by atoms with Crippen LogP contribution in [0.1, 0.15) is 91.0 Å². The minimum absolute atomic E-state index is 0.757. The zero-order valence-electron chi connectivity index (χ0n) is 36.7. The first-order chi connectivity index (χ1) is 27.9. The van der Waals surface area contributed by atoms with Crippen molar-refractivity contribution < 1.29 is 0 Å². The lowest BCUT2D eigenvalue weighted by atomic mass is 9.89. The molecule has 0 saturated heterocycles. The van der Waals surface area contributed by atoms with E-state index in [2.05, 4.69) is 191 Å². The van der Waals surface area contributed by atoms with Gasteiger partial charge in [-0.15, -0.1) is 0 Å². The summed E-state index contributed by atoms with van der Waals surface area (Å²) < 4.78 is 0. The monoisotopic (exact) mass is 773 g/mol. The lowest BCUT2D eigenvalue weighted by Gasteiger charge is -2.32.